The summed E-state index contributed by atoms with van der Waals surface area (Å²) in [7, 11) is 0. The number of aromatic nitrogens is 3. The molecular weight excluding hydrogens is 468 g/mol. The molecule has 1 atom stereocenters. The molecule has 0 bridgehead atoms. The molecule has 1 aromatic carbocycles. The number of carbonyl (C=O) groups excluding carboxylic acids is 2. The lowest BCUT2D eigenvalue weighted by atomic mass is 10.1. The molecule has 1 aliphatic heterocycles. The lowest BCUT2D eigenvalue weighted by Crippen LogP contribution is -2.24. The van der Waals surface area contributed by atoms with Crippen LogP contribution in [-0.2, 0) is 14.3 Å². The molecule has 0 spiro atoms. The molecule has 1 aliphatic rings. The number of amides is 1. The van der Waals surface area contributed by atoms with Crippen LogP contribution in [0.1, 0.15) is 26.0 Å². The molecular formula is C20H20N6O3S3. The summed E-state index contributed by atoms with van der Waals surface area (Å²) in [6.07, 6.45) is 2.31. The largest absolute Gasteiger partial charge is 0.465 e. The first-order valence-corrected chi connectivity index (χ1v) is 12.6. The van der Waals surface area contributed by atoms with Crippen LogP contribution < -0.4 is 5.32 Å². The van der Waals surface area contributed by atoms with Crippen LogP contribution >= 0.6 is 34.9 Å². The predicted octanol–water partition coefficient (Wildman–Crippen LogP) is 3.44. The molecule has 0 saturated carbocycles. The van der Waals surface area contributed by atoms with Crippen LogP contribution in [0, 0.1) is 0 Å². The summed E-state index contributed by atoms with van der Waals surface area (Å²) in [4.78, 5) is 28.9. The van der Waals surface area contributed by atoms with Crippen LogP contribution in [0.5, 0.6) is 0 Å². The van der Waals surface area contributed by atoms with Gasteiger partial charge >= 0.3 is 5.97 Å². The quantitative estimate of drug-likeness (QED) is 0.224. The van der Waals surface area contributed by atoms with Gasteiger partial charge in [-0.15, -0.1) is 10.2 Å². The Kier molecular flexibility index (Phi) is 7.22. The van der Waals surface area contributed by atoms with Gasteiger partial charge < -0.3 is 10.1 Å². The summed E-state index contributed by atoms with van der Waals surface area (Å²) < 4.78 is 7.37. The van der Waals surface area contributed by atoms with Crippen molar-refractivity contribution in [3.05, 3.63) is 36.0 Å². The van der Waals surface area contributed by atoms with Gasteiger partial charge in [0, 0.05) is 5.56 Å². The first-order valence-electron chi connectivity index (χ1n) is 9.91. The summed E-state index contributed by atoms with van der Waals surface area (Å²) in [6.45, 7) is 4.08. The van der Waals surface area contributed by atoms with Crippen LogP contribution in [0.25, 0.3) is 16.2 Å². The van der Waals surface area contributed by atoms with E-state index in [0.29, 0.717) is 26.8 Å². The van der Waals surface area contributed by atoms with E-state index < -0.39 is 0 Å². The maximum atomic E-state index is 11.9. The van der Waals surface area contributed by atoms with Crippen molar-refractivity contribution in [3.63, 3.8) is 0 Å². The lowest BCUT2D eigenvalue weighted by molar-refractivity contribution is -0.139. The van der Waals surface area contributed by atoms with Gasteiger partial charge in [-0.3, -0.25) is 9.59 Å². The average molecular weight is 489 g/mol. The number of benzene rings is 1. The van der Waals surface area contributed by atoms with Crippen molar-refractivity contribution >= 4 is 63.1 Å². The number of fused-ring (bicyclic) bond motifs is 1. The summed E-state index contributed by atoms with van der Waals surface area (Å²) in [6, 6.07) is 9.74. The molecule has 9 nitrogen and oxygen atoms in total. The maximum Gasteiger partial charge on any atom is 0.316 e. The predicted molar refractivity (Wildman–Crippen MR) is 128 cm³/mol. The number of hydrogen-bond acceptors (Lipinski definition) is 10. The van der Waals surface area contributed by atoms with E-state index >= 15 is 0 Å². The van der Waals surface area contributed by atoms with E-state index in [1.165, 1.54) is 34.9 Å². The fraction of sp³-hybridized carbons (Fsp3) is 0.300. The van der Waals surface area contributed by atoms with Gasteiger partial charge in [-0.05, 0) is 13.3 Å². The topological polar surface area (TPSA) is 110 Å². The number of amidine groups is 1. The zero-order valence-electron chi connectivity index (χ0n) is 17.3. The van der Waals surface area contributed by atoms with Gasteiger partial charge in [0.15, 0.2) is 9.51 Å². The highest BCUT2D eigenvalue weighted by molar-refractivity contribution is 8.15. The van der Waals surface area contributed by atoms with Gasteiger partial charge in [0.25, 0.3) is 0 Å². The molecule has 1 saturated heterocycles. The highest BCUT2D eigenvalue weighted by Crippen LogP contribution is 2.30. The van der Waals surface area contributed by atoms with Crippen LogP contribution in [0.15, 0.2) is 44.9 Å². The number of nitrogens with one attached hydrogen (secondary N) is 1. The standard InChI is InChI=1S/C20H20N6O3S3/c1-3-14-17(28)23-18(31-14)24-21-10-13-16(12-8-6-5-7-9-12)22-19-26(13)25-20(32-19)30-11-15(27)29-4-2/h5-10,14H,3-4,11H2,1-2H3,(H,23,24,28)/b21-10+. The van der Waals surface area contributed by atoms with Gasteiger partial charge in [0.1, 0.15) is 11.4 Å². The molecule has 0 radical (unpaired) electrons. The van der Waals surface area contributed by atoms with Gasteiger partial charge in [0.05, 0.1) is 23.8 Å². The molecule has 0 aliphatic carbocycles. The van der Waals surface area contributed by atoms with E-state index in [0.717, 1.165) is 17.7 Å². The van der Waals surface area contributed by atoms with Crippen LogP contribution in [0.4, 0.5) is 0 Å². The molecule has 3 heterocycles. The van der Waals surface area contributed by atoms with Crippen molar-refractivity contribution < 1.29 is 14.3 Å². The van der Waals surface area contributed by atoms with Gasteiger partial charge in [-0.25, -0.2) is 9.50 Å². The number of rotatable bonds is 8. The molecule has 2 aromatic heterocycles. The minimum atomic E-state index is -0.283. The fourth-order valence-electron chi connectivity index (χ4n) is 2.91. The van der Waals surface area contributed by atoms with Crippen molar-refractivity contribution in [2.24, 2.45) is 10.2 Å². The van der Waals surface area contributed by atoms with Crippen LogP contribution in [0.3, 0.4) is 0 Å². The van der Waals surface area contributed by atoms with Gasteiger partial charge in [-0.2, -0.15) is 5.10 Å². The van der Waals surface area contributed by atoms with Gasteiger partial charge in [-0.1, -0.05) is 72.1 Å². The first-order chi connectivity index (χ1) is 15.6. The number of hydrogen-bond donors (Lipinski definition) is 1. The Bertz CT molecular complexity index is 1190. The number of ether oxygens (including phenoxy) is 1. The molecule has 32 heavy (non-hydrogen) atoms. The van der Waals surface area contributed by atoms with Gasteiger partial charge in [0.2, 0.25) is 10.9 Å². The highest BCUT2D eigenvalue weighted by atomic mass is 32.2. The number of thioether (sulfide) groups is 2. The van der Waals surface area contributed by atoms with E-state index in [4.69, 9.17) is 9.72 Å². The van der Waals surface area contributed by atoms with Crippen molar-refractivity contribution in [3.8, 4) is 11.3 Å². The van der Waals surface area contributed by atoms with E-state index in [-0.39, 0.29) is 22.9 Å². The van der Waals surface area contributed by atoms with Crippen molar-refractivity contribution in [2.75, 3.05) is 12.4 Å². The third kappa shape index (κ3) is 5.03. The third-order valence-electron chi connectivity index (χ3n) is 4.36. The molecule has 1 unspecified atom stereocenters. The second kappa shape index (κ2) is 10.3. The molecule has 1 N–H and O–H groups in total. The summed E-state index contributed by atoms with van der Waals surface area (Å²) in [5.41, 5.74) is 2.32. The number of carbonyl (C=O) groups is 2. The van der Waals surface area contributed by atoms with E-state index in [1.807, 2.05) is 37.3 Å². The Balaban J connectivity index is 1.63. The zero-order chi connectivity index (χ0) is 22.5. The van der Waals surface area contributed by atoms with E-state index in [1.54, 1.807) is 17.7 Å². The number of esters is 1. The summed E-state index contributed by atoms with van der Waals surface area (Å²) in [5, 5.41) is 16.0. The fourth-order valence-corrected chi connectivity index (χ4v) is 5.51. The molecule has 3 aromatic rings. The second-order valence-electron chi connectivity index (χ2n) is 6.52. The summed E-state index contributed by atoms with van der Waals surface area (Å²) >= 11 is 4.06. The Morgan fingerprint density at radius 2 is 2.16 bits per heavy atom. The monoisotopic (exact) mass is 488 g/mol. The second-order valence-corrected chi connectivity index (χ2v) is 9.89. The van der Waals surface area contributed by atoms with Crippen LogP contribution in [0.2, 0.25) is 0 Å². The average Bonchev–Trinajstić information content (AvgIpc) is 3.46. The SMILES string of the molecule is CCOC(=O)CSc1nn2c(/C=N/N=C3/NC(=O)C(CC)S3)c(-c3ccccc3)nc2s1. The minimum Gasteiger partial charge on any atom is -0.465 e. The normalized spacial score (nSPS) is 17.5. The first kappa shape index (κ1) is 22.5. The molecule has 1 amide bonds. The maximum absolute atomic E-state index is 11.9. The van der Waals surface area contributed by atoms with Crippen molar-refractivity contribution in [1.82, 2.24) is 19.9 Å². The number of nitrogens with zero attached hydrogens (tertiary/aromatic N) is 5. The summed E-state index contributed by atoms with van der Waals surface area (Å²) in [5.74, 6) is -0.150. The molecule has 4 rings (SSSR count). The highest BCUT2D eigenvalue weighted by Gasteiger charge is 2.28. The molecule has 166 valence electrons. The Morgan fingerprint density at radius 1 is 1.34 bits per heavy atom. The van der Waals surface area contributed by atoms with Crippen LogP contribution in [-0.4, -0.2) is 55.5 Å². The third-order valence-corrected chi connectivity index (χ3v) is 7.62. The zero-order valence-corrected chi connectivity index (χ0v) is 19.8. The Hall–Kier alpha value is -2.70. The Morgan fingerprint density at radius 3 is 2.88 bits per heavy atom. The molecule has 12 heteroatoms. The Labute approximate surface area is 196 Å². The lowest BCUT2D eigenvalue weighted by Gasteiger charge is -2.00. The smallest absolute Gasteiger partial charge is 0.316 e. The molecule has 1 fully saturated rings. The van der Waals surface area contributed by atoms with E-state index in [9.17, 15) is 9.59 Å². The van der Waals surface area contributed by atoms with Crippen molar-refractivity contribution in [1.29, 1.82) is 0 Å². The minimum absolute atomic E-state index is 0.0501. The van der Waals surface area contributed by atoms with Crippen molar-refractivity contribution in [2.45, 2.75) is 29.9 Å². The number of imidazole rings is 1. The van der Waals surface area contributed by atoms with E-state index in [2.05, 4.69) is 20.6 Å².